The van der Waals surface area contributed by atoms with Crippen LogP contribution < -0.4 is 34.9 Å². The molecule has 11 heavy (non-hydrogen) atoms. The number of rotatable bonds is 1. The first-order chi connectivity index (χ1) is 4.79. The minimum Gasteiger partial charge on any atom is -0.326 e. The van der Waals surface area contributed by atoms with Gasteiger partial charge in [-0.3, -0.25) is 4.79 Å². The van der Waals surface area contributed by atoms with E-state index < -0.39 is 0 Å². The summed E-state index contributed by atoms with van der Waals surface area (Å²) in [6, 6.07) is 9.37. The van der Waals surface area contributed by atoms with E-state index in [0.717, 1.165) is 5.69 Å². The summed E-state index contributed by atoms with van der Waals surface area (Å²) in [5, 5.41) is 2.67. The Morgan fingerprint density at radius 2 is 1.82 bits per heavy atom. The van der Waals surface area contributed by atoms with E-state index in [9.17, 15) is 4.79 Å². The van der Waals surface area contributed by atoms with E-state index in [1.165, 1.54) is 6.92 Å². The second-order valence-corrected chi connectivity index (χ2v) is 2.05. The molecule has 2 nitrogen and oxygen atoms in total. The van der Waals surface area contributed by atoms with E-state index in [-0.39, 0.29) is 35.5 Å². The topological polar surface area (TPSA) is 29.1 Å². The van der Waals surface area contributed by atoms with Crippen LogP contribution in [0.1, 0.15) is 6.92 Å². The number of hydrogen-bond donors (Lipinski definition) is 1. The molecule has 1 aromatic carbocycles. The van der Waals surface area contributed by atoms with Gasteiger partial charge in [-0.2, -0.15) is 0 Å². The molecule has 0 aliphatic carbocycles. The number of anilines is 1. The second kappa shape index (κ2) is 5.35. The zero-order valence-electron chi connectivity index (χ0n) is 6.79. The third kappa shape index (κ3) is 4.19. The Bertz CT molecular complexity index is 223. The van der Waals surface area contributed by atoms with Crippen LogP contribution in [0.2, 0.25) is 0 Å². The van der Waals surface area contributed by atoms with Gasteiger partial charge >= 0.3 is 29.6 Å². The fourth-order valence-corrected chi connectivity index (χ4v) is 0.725. The minimum absolute atomic E-state index is 0. The first-order valence-electron chi connectivity index (χ1n) is 3.11. The van der Waals surface area contributed by atoms with Crippen molar-refractivity contribution in [1.82, 2.24) is 0 Å². The number of hydrogen-bond acceptors (Lipinski definition) is 1. The van der Waals surface area contributed by atoms with E-state index in [2.05, 4.69) is 5.32 Å². The van der Waals surface area contributed by atoms with Crippen LogP contribution in [0.15, 0.2) is 30.3 Å². The van der Waals surface area contributed by atoms with E-state index in [1.54, 1.807) is 0 Å². The summed E-state index contributed by atoms with van der Waals surface area (Å²) < 4.78 is 0. The quantitative estimate of drug-likeness (QED) is 0.503. The minimum atomic E-state index is -0.0359. The standard InChI is InChI=1S/C8H9NO.Na/c1-7(10)9-8-5-3-2-4-6-8;/h2-6H,1H3,(H,9,10);/q;+1. The molecule has 0 saturated heterocycles. The third-order valence-corrected chi connectivity index (χ3v) is 1.09. The predicted molar refractivity (Wildman–Crippen MR) is 40.7 cm³/mol. The Hall–Kier alpha value is -0.310. The number of carbonyl (C=O) groups is 1. The van der Waals surface area contributed by atoms with E-state index in [0.29, 0.717) is 0 Å². The zero-order valence-corrected chi connectivity index (χ0v) is 8.79. The summed E-state index contributed by atoms with van der Waals surface area (Å²) in [5.41, 5.74) is 0.843. The monoisotopic (exact) mass is 158 g/mol. The number of carbonyl (C=O) groups excluding carboxylic acids is 1. The van der Waals surface area contributed by atoms with Crippen molar-refractivity contribution in [3.63, 3.8) is 0 Å². The molecule has 1 aromatic rings. The molecule has 0 aromatic heterocycles. The Kier molecular flexibility index (Phi) is 5.20. The van der Waals surface area contributed by atoms with Crippen LogP contribution in [-0.2, 0) is 4.79 Å². The molecule has 0 radical (unpaired) electrons. The Labute approximate surface area is 88.3 Å². The largest absolute Gasteiger partial charge is 1.00 e. The van der Waals surface area contributed by atoms with Gasteiger partial charge < -0.3 is 5.32 Å². The van der Waals surface area contributed by atoms with Crippen LogP contribution in [0, 0.1) is 0 Å². The van der Waals surface area contributed by atoms with Gasteiger partial charge in [0.1, 0.15) is 0 Å². The van der Waals surface area contributed by atoms with Gasteiger partial charge in [0.2, 0.25) is 5.91 Å². The number of amides is 1. The summed E-state index contributed by atoms with van der Waals surface area (Å²) in [4.78, 5) is 10.5. The van der Waals surface area contributed by atoms with Crippen molar-refractivity contribution < 1.29 is 34.4 Å². The van der Waals surface area contributed by atoms with Crippen LogP contribution in [0.3, 0.4) is 0 Å². The first-order valence-corrected chi connectivity index (χ1v) is 3.11. The van der Waals surface area contributed by atoms with Crippen LogP contribution in [0.4, 0.5) is 5.69 Å². The van der Waals surface area contributed by atoms with Gasteiger partial charge in [-0.1, -0.05) is 18.2 Å². The van der Waals surface area contributed by atoms with Gasteiger partial charge in [0.05, 0.1) is 0 Å². The van der Waals surface area contributed by atoms with Crippen molar-refractivity contribution >= 4 is 11.6 Å². The fraction of sp³-hybridized carbons (Fsp3) is 0.125. The summed E-state index contributed by atoms with van der Waals surface area (Å²) >= 11 is 0. The summed E-state index contributed by atoms with van der Waals surface area (Å²) in [5.74, 6) is -0.0359. The van der Waals surface area contributed by atoms with Crippen molar-refractivity contribution in [2.45, 2.75) is 6.92 Å². The van der Waals surface area contributed by atoms with Gasteiger partial charge in [0.25, 0.3) is 0 Å². The van der Waals surface area contributed by atoms with Gasteiger partial charge in [-0.25, -0.2) is 0 Å². The first kappa shape index (κ1) is 10.7. The van der Waals surface area contributed by atoms with E-state index in [1.807, 2.05) is 30.3 Å². The normalized spacial score (nSPS) is 8.09. The van der Waals surface area contributed by atoms with Gasteiger partial charge in [0, 0.05) is 12.6 Å². The smallest absolute Gasteiger partial charge is 0.326 e. The average Bonchev–Trinajstić information content (AvgIpc) is 1.88. The molecule has 1 N–H and O–H groups in total. The molecule has 0 aliphatic heterocycles. The van der Waals surface area contributed by atoms with Crippen LogP contribution in [0.25, 0.3) is 0 Å². The van der Waals surface area contributed by atoms with Crippen LogP contribution >= 0.6 is 0 Å². The van der Waals surface area contributed by atoms with Crippen LogP contribution in [0.5, 0.6) is 0 Å². The molecule has 0 spiro atoms. The third-order valence-electron chi connectivity index (χ3n) is 1.09. The number of para-hydroxylation sites is 1. The predicted octanol–water partition coefficient (Wildman–Crippen LogP) is -1.35. The summed E-state index contributed by atoms with van der Waals surface area (Å²) in [7, 11) is 0. The summed E-state index contributed by atoms with van der Waals surface area (Å²) in [6.07, 6.45) is 0. The maximum Gasteiger partial charge on any atom is 1.00 e. The van der Waals surface area contributed by atoms with Crippen molar-refractivity contribution in [3.8, 4) is 0 Å². The molecule has 0 fully saturated rings. The second-order valence-electron chi connectivity index (χ2n) is 2.05. The Morgan fingerprint density at radius 1 is 1.27 bits per heavy atom. The van der Waals surface area contributed by atoms with Crippen molar-refractivity contribution in [2.24, 2.45) is 0 Å². The molecule has 1 rings (SSSR count). The van der Waals surface area contributed by atoms with E-state index in [4.69, 9.17) is 0 Å². The van der Waals surface area contributed by atoms with Crippen molar-refractivity contribution in [2.75, 3.05) is 5.32 Å². The molecule has 0 atom stereocenters. The SMILES string of the molecule is CC(=O)Nc1ccccc1.[Na+]. The molecule has 52 valence electrons. The molecule has 0 aliphatic rings. The van der Waals surface area contributed by atoms with Crippen LogP contribution in [-0.4, -0.2) is 5.91 Å². The molecule has 0 unspecified atom stereocenters. The maximum atomic E-state index is 10.5. The Morgan fingerprint density at radius 3 is 2.27 bits per heavy atom. The molecular weight excluding hydrogens is 149 g/mol. The maximum absolute atomic E-state index is 10.5. The van der Waals surface area contributed by atoms with Crippen molar-refractivity contribution in [3.05, 3.63) is 30.3 Å². The molecule has 0 bridgehead atoms. The zero-order chi connectivity index (χ0) is 7.40. The number of nitrogens with one attached hydrogen (secondary N) is 1. The Balaban J connectivity index is 0.000001000. The summed E-state index contributed by atoms with van der Waals surface area (Å²) in [6.45, 7) is 1.49. The molecular formula is C8H9NNaO+. The molecule has 1 amide bonds. The van der Waals surface area contributed by atoms with Crippen molar-refractivity contribution in [1.29, 1.82) is 0 Å². The van der Waals surface area contributed by atoms with E-state index >= 15 is 0 Å². The molecule has 3 heteroatoms. The molecule has 0 saturated carbocycles. The average molecular weight is 158 g/mol. The molecule has 0 heterocycles. The number of benzene rings is 1. The van der Waals surface area contributed by atoms with Gasteiger partial charge in [-0.15, -0.1) is 0 Å². The van der Waals surface area contributed by atoms with Gasteiger partial charge in [0.15, 0.2) is 0 Å². The van der Waals surface area contributed by atoms with Gasteiger partial charge in [-0.05, 0) is 12.1 Å². The fourth-order valence-electron chi connectivity index (χ4n) is 0.725.